The van der Waals surface area contributed by atoms with Gasteiger partial charge in [-0.15, -0.1) is 0 Å². The van der Waals surface area contributed by atoms with Gasteiger partial charge in [-0.1, -0.05) is 12.1 Å². The van der Waals surface area contributed by atoms with Crippen LogP contribution in [0.4, 0.5) is 0 Å². The minimum Gasteiger partial charge on any atom is -0.508 e. The molecule has 0 amide bonds. The minimum absolute atomic E-state index is 0.302. The van der Waals surface area contributed by atoms with Crippen molar-refractivity contribution in [1.82, 2.24) is 5.32 Å². The Labute approximate surface area is 78.6 Å². The molecule has 1 unspecified atom stereocenters. The van der Waals surface area contributed by atoms with Crippen LogP contribution in [0.1, 0.15) is 12.5 Å². The smallest absolute Gasteiger partial charge is 0.115 e. The van der Waals surface area contributed by atoms with E-state index in [0.717, 1.165) is 12.1 Å². The van der Waals surface area contributed by atoms with Crippen molar-refractivity contribution < 1.29 is 5.11 Å². The second kappa shape index (κ2) is 4.84. The topological polar surface area (TPSA) is 58.3 Å². The molecule has 0 heterocycles. The van der Waals surface area contributed by atoms with Crippen LogP contribution < -0.4 is 11.1 Å². The zero-order valence-electron chi connectivity index (χ0n) is 7.83. The van der Waals surface area contributed by atoms with Crippen LogP contribution in [0.15, 0.2) is 24.3 Å². The summed E-state index contributed by atoms with van der Waals surface area (Å²) >= 11 is 0. The third-order valence-corrected chi connectivity index (χ3v) is 1.94. The van der Waals surface area contributed by atoms with E-state index in [1.807, 2.05) is 19.1 Å². The fourth-order valence-electron chi connectivity index (χ4n) is 0.989. The second-order valence-corrected chi connectivity index (χ2v) is 3.18. The molecule has 0 aliphatic carbocycles. The number of phenols is 1. The van der Waals surface area contributed by atoms with Gasteiger partial charge in [0.05, 0.1) is 0 Å². The molecule has 1 rings (SSSR count). The molecule has 0 aliphatic rings. The Morgan fingerprint density at radius 3 is 2.54 bits per heavy atom. The van der Waals surface area contributed by atoms with Crippen LogP contribution in [0.5, 0.6) is 5.75 Å². The highest BCUT2D eigenvalue weighted by Gasteiger charge is 1.97. The van der Waals surface area contributed by atoms with E-state index < -0.39 is 0 Å². The van der Waals surface area contributed by atoms with Gasteiger partial charge >= 0.3 is 0 Å². The number of nitrogens with one attached hydrogen (secondary N) is 1. The lowest BCUT2D eigenvalue weighted by Gasteiger charge is -2.10. The van der Waals surface area contributed by atoms with E-state index in [1.54, 1.807) is 12.1 Å². The van der Waals surface area contributed by atoms with Crippen molar-refractivity contribution in [2.45, 2.75) is 19.5 Å². The van der Waals surface area contributed by atoms with Crippen molar-refractivity contribution in [2.24, 2.45) is 5.73 Å². The summed E-state index contributed by atoms with van der Waals surface area (Å²) in [5.74, 6) is 0.302. The molecular weight excluding hydrogens is 164 g/mol. The molecule has 0 saturated heterocycles. The summed E-state index contributed by atoms with van der Waals surface area (Å²) in [4.78, 5) is 0. The second-order valence-electron chi connectivity index (χ2n) is 3.18. The molecule has 0 saturated carbocycles. The van der Waals surface area contributed by atoms with Gasteiger partial charge in [0, 0.05) is 19.1 Å². The lowest BCUT2D eigenvalue weighted by Crippen LogP contribution is -2.32. The Balaban J connectivity index is 2.41. The van der Waals surface area contributed by atoms with Crippen LogP contribution in [0, 0.1) is 0 Å². The average Bonchev–Trinajstić information content (AvgIpc) is 2.16. The normalized spacial score (nSPS) is 12.8. The maximum Gasteiger partial charge on any atom is 0.115 e. The maximum absolute atomic E-state index is 9.04. The van der Waals surface area contributed by atoms with Crippen molar-refractivity contribution in [3.63, 3.8) is 0 Å². The lowest BCUT2D eigenvalue weighted by molar-refractivity contribution is 0.474. The predicted octanol–water partition coefficient (Wildman–Crippen LogP) is 0.829. The van der Waals surface area contributed by atoms with Crippen LogP contribution in [0.25, 0.3) is 0 Å². The van der Waals surface area contributed by atoms with Crippen molar-refractivity contribution in [1.29, 1.82) is 0 Å². The molecule has 13 heavy (non-hydrogen) atoms. The van der Waals surface area contributed by atoms with E-state index in [1.165, 1.54) is 0 Å². The molecule has 0 radical (unpaired) electrons. The Bertz CT molecular complexity index is 246. The van der Waals surface area contributed by atoms with E-state index in [-0.39, 0.29) is 0 Å². The molecule has 3 heteroatoms. The summed E-state index contributed by atoms with van der Waals surface area (Å²) in [6.45, 7) is 3.47. The number of benzene rings is 1. The Morgan fingerprint density at radius 2 is 2.00 bits per heavy atom. The van der Waals surface area contributed by atoms with E-state index >= 15 is 0 Å². The maximum atomic E-state index is 9.04. The van der Waals surface area contributed by atoms with Crippen LogP contribution >= 0.6 is 0 Å². The Morgan fingerprint density at radius 1 is 1.38 bits per heavy atom. The van der Waals surface area contributed by atoms with Crippen LogP contribution in [-0.4, -0.2) is 17.7 Å². The van der Waals surface area contributed by atoms with Crippen molar-refractivity contribution in [2.75, 3.05) is 6.54 Å². The molecule has 1 atom stereocenters. The molecule has 1 aromatic rings. The third kappa shape index (κ3) is 3.44. The van der Waals surface area contributed by atoms with Gasteiger partial charge in [-0.25, -0.2) is 0 Å². The van der Waals surface area contributed by atoms with Crippen LogP contribution in [-0.2, 0) is 6.54 Å². The SMILES string of the molecule is CC(CN)NCc1ccc(O)cc1. The summed E-state index contributed by atoms with van der Waals surface area (Å²) in [5.41, 5.74) is 6.61. The molecule has 0 spiro atoms. The van der Waals surface area contributed by atoms with Gasteiger partial charge in [-0.3, -0.25) is 0 Å². The van der Waals surface area contributed by atoms with Gasteiger partial charge in [0.2, 0.25) is 0 Å². The standard InChI is InChI=1S/C10H16N2O/c1-8(6-11)12-7-9-2-4-10(13)5-3-9/h2-5,8,12-13H,6-7,11H2,1H3. The van der Waals surface area contributed by atoms with Crippen molar-refractivity contribution >= 4 is 0 Å². The summed E-state index contributed by atoms with van der Waals surface area (Å²) in [7, 11) is 0. The number of aromatic hydroxyl groups is 1. The monoisotopic (exact) mass is 180 g/mol. The van der Waals surface area contributed by atoms with Gasteiger partial charge < -0.3 is 16.2 Å². The fourth-order valence-corrected chi connectivity index (χ4v) is 0.989. The molecule has 0 aromatic heterocycles. The minimum atomic E-state index is 0.302. The molecule has 0 aliphatic heterocycles. The lowest BCUT2D eigenvalue weighted by atomic mass is 10.2. The van der Waals surface area contributed by atoms with Crippen LogP contribution in [0.2, 0.25) is 0 Å². The van der Waals surface area contributed by atoms with Crippen molar-refractivity contribution in [3.05, 3.63) is 29.8 Å². The van der Waals surface area contributed by atoms with E-state index in [2.05, 4.69) is 5.32 Å². The number of hydrogen-bond donors (Lipinski definition) is 3. The first-order valence-corrected chi connectivity index (χ1v) is 4.43. The highest BCUT2D eigenvalue weighted by Crippen LogP contribution is 2.09. The number of nitrogens with two attached hydrogens (primary N) is 1. The van der Waals surface area contributed by atoms with Crippen LogP contribution in [0.3, 0.4) is 0 Å². The number of hydrogen-bond acceptors (Lipinski definition) is 3. The van der Waals surface area contributed by atoms with Crippen molar-refractivity contribution in [3.8, 4) is 5.75 Å². The zero-order valence-corrected chi connectivity index (χ0v) is 7.83. The average molecular weight is 180 g/mol. The van der Waals surface area contributed by atoms with Gasteiger partial charge in [0.15, 0.2) is 0 Å². The van der Waals surface area contributed by atoms with Gasteiger partial charge in [-0.05, 0) is 24.6 Å². The molecular formula is C10H16N2O. The Hall–Kier alpha value is -1.06. The van der Waals surface area contributed by atoms with Gasteiger partial charge in [0.1, 0.15) is 5.75 Å². The highest BCUT2D eigenvalue weighted by molar-refractivity contribution is 5.25. The quantitative estimate of drug-likeness (QED) is 0.643. The molecule has 3 nitrogen and oxygen atoms in total. The largest absolute Gasteiger partial charge is 0.508 e. The highest BCUT2D eigenvalue weighted by atomic mass is 16.3. The first-order chi connectivity index (χ1) is 6.22. The molecule has 1 aromatic carbocycles. The first kappa shape index (κ1) is 10.0. The third-order valence-electron chi connectivity index (χ3n) is 1.94. The van der Waals surface area contributed by atoms with Gasteiger partial charge in [0.25, 0.3) is 0 Å². The van der Waals surface area contributed by atoms with E-state index in [9.17, 15) is 0 Å². The number of phenolic OH excluding ortho intramolecular Hbond substituents is 1. The van der Waals surface area contributed by atoms with Gasteiger partial charge in [-0.2, -0.15) is 0 Å². The molecule has 0 bridgehead atoms. The number of rotatable bonds is 4. The predicted molar refractivity (Wildman–Crippen MR) is 53.5 cm³/mol. The Kier molecular flexibility index (Phi) is 3.73. The summed E-state index contributed by atoms with van der Waals surface area (Å²) in [6.07, 6.45) is 0. The summed E-state index contributed by atoms with van der Waals surface area (Å²) in [6, 6.07) is 7.49. The zero-order chi connectivity index (χ0) is 9.68. The first-order valence-electron chi connectivity index (χ1n) is 4.43. The molecule has 4 N–H and O–H groups in total. The molecule has 72 valence electrons. The fraction of sp³-hybridized carbons (Fsp3) is 0.400. The summed E-state index contributed by atoms with van der Waals surface area (Å²) < 4.78 is 0. The summed E-state index contributed by atoms with van der Waals surface area (Å²) in [5, 5.41) is 12.3. The van der Waals surface area contributed by atoms with E-state index in [4.69, 9.17) is 10.8 Å². The molecule has 0 fully saturated rings. The van der Waals surface area contributed by atoms with E-state index in [0.29, 0.717) is 18.3 Å².